The van der Waals surface area contributed by atoms with E-state index < -0.39 is 0 Å². The van der Waals surface area contributed by atoms with Gasteiger partial charge in [0.05, 0.1) is 6.42 Å². The first kappa shape index (κ1) is 14.5. The molecule has 1 atom stereocenters. The zero-order valence-electron chi connectivity index (χ0n) is 9.78. The lowest BCUT2D eigenvalue weighted by Crippen LogP contribution is -2.38. The van der Waals surface area contributed by atoms with Gasteiger partial charge in [-0.2, -0.15) is 11.3 Å². The molecule has 1 aliphatic rings. The smallest absolute Gasteiger partial charge is 0.224 e. The quantitative estimate of drug-likeness (QED) is 0.880. The van der Waals surface area contributed by atoms with Crippen LogP contribution in [0.5, 0.6) is 0 Å². The van der Waals surface area contributed by atoms with Crippen LogP contribution in [0.3, 0.4) is 0 Å². The zero-order valence-corrected chi connectivity index (χ0v) is 11.4. The van der Waals surface area contributed by atoms with E-state index in [1.165, 1.54) is 12.8 Å². The maximum atomic E-state index is 11.6. The number of carbonyl (C=O) groups is 1. The van der Waals surface area contributed by atoms with Gasteiger partial charge in [0.25, 0.3) is 0 Å². The summed E-state index contributed by atoms with van der Waals surface area (Å²) in [5, 5.41) is 10.4. The maximum absolute atomic E-state index is 11.6. The van der Waals surface area contributed by atoms with Crippen LogP contribution in [-0.4, -0.2) is 25.5 Å². The molecule has 0 aromatic carbocycles. The van der Waals surface area contributed by atoms with Crippen LogP contribution in [0.25, 0.3) is 0 Å². The van der Waals surface area contributed by atoms with Crippen molar-refractivity contribution in [2.24, 2.45) is 5.92 Å². The van der Waals surface area contributed by atoms with Crippen molar-refractivity contribution in [2.45, 2.75) is 19.3 Å². The molecule has 1 saturated heterocycles. The number of rotatable bonds is 4. The highest BCUT2D eigenvalue weighted by atomic mass is 35.5. The summed E-state index contributed by atoms with van der Waals surface area (Å²) in [6.45, 7) is 2.98. The third-order valence-electron chi connectivity index (χ3n) is 2.93. The predicted molar refractivity (Wildman–Crippen MR) is 73.9 cm³/mol. The van der Waals surface area contributed by atoms with Crippen molar-refractivity contribution in [1.82, 2.24) is 10.6 Å². The third kappa shape index (κ3) is 5.06. The van der Waals surface area contributed by atoms with E-state index in [4.69, 9.17) is 0 Å². The van der Waals surface area contributed by atoms with Gasteiger partial charge in [-0.05, 0) is 54.2 Å². The van der Waals surface area contributed by atoms with Crippen molar-refractivity contribution < 1.29 is 4.79 Å². The zero-order chi connectivity index (χ0) is 11.2. The molecule has 0 radical (unpaired) electrons. The fourth-order valence-electron chi connectivity index (χ4n) is 2.00. The lowest BCUT2D eigenvalue weighted by atomic mass is 10.00. The minimum Gasteiger partial charge on any atom is -0.355 e. The standard InChI is InChI=1S/C12H18N2OS.ClH/c15-12(6-10-3-5-16-9-10)14-8-11-2-1-4-13-7-11;/h3,5,9,11,13H,1-2,4,6-8H2,(H,14,15);1H. The third-order valence-corrected chi connectivity index (χ3v) is 3.66. The van der Waals surface area contributed by atoms with E-state index in [-0.39, 0.29) is 18.3 Å². The Morgan fingerprint density at radius 2 is 2.47 bits per heavy atom. The summed E-state index contributed by atoms with van der Waals surface area (Å²) in [5.74, 6) is 0.754. The van der Waals surface area contributed by atoms with Crippen LogP contribution in [0, 0.1) is 5.92 Å². The second-order valence-electron chi connectivity index (χ2n) is 4.32. The van der Waals surface area contributed by atoms with Crippen molar-refractivity contribution in [1.29, 1.82) is 0 Å². The minimum absolute atomic E-state index is 0. The highest BCUT2D eigenvalue weighted by Crippen LogP contribution is 2.09. The first-order chi connectivity index (χ1) is 7.84. The Balaban J connectivity index is 0.00000144. The van der Waals surface area contributed by atoms with Crippen LogP contribution in [-0.2, 0) is 11.2 Å². The van der Waals surface area contributed by atoms with Gasteiger partial charge in [0.2, 0.25) is 5.91 Å². The average molecular weight is 275 g/mol. The fourth-order valence-corrected chi connectivity index (χ4v) is 2.67. The minimum atomic E-state index is 0. The van der Waals surface area contributed by atoms with Crippen LogP contribution in [0.1, 0.15) is 18.4 Å². The van der Waals surface area contributed by atoms with Gasteiger partial charge in [-0.3, -0.25) is 4.79 Å². The molecule has 1 amide bonds. The normalized spacial score (nSPS) is 19.4. The highest BCUT2D eigenvalue weighted by molar-refractivity contribution is 7.07. The molecule has 0 aliphatic carbocycles. The average Bonchev–Trinajstić information content (AvgIpc) is 2.81. The molecule has 3 nitrogen and oxygen atoms in total. The van der Waals surface area contributed by atoms with E-state index in [2.05, 4.69) is 10.6 Å². The number of nitrogens with one attached hydrogen (secondary N) is 2. The molecule has 2 N–H and O–H groups in total. The van der Waals surface area contributed by atoms with Crippen molar-refractivity contribution in [3.63, 3.8) is 0 Å². The highest BCUT2D eigenvalue weighted by Gasteiger charge is 2.13. The van der Waals surface area contributed by atoms with Gasteiger partial charge in [-0.25, -0.2) is 0 Å². The van der Waals surface area contributed by atoms with E-state index in [1.54, 1.807) is 11.3 Å². The topological polar surface area (TPSA) is 41.1 Å². The lowest BCUT2D eigenvalue weighted by molar-refractivity contribution is -0.120. The van der Waals surface area contributed by atoms with Crippen molar-refractivity contribution in [2.75, 3.05) is 19.6 Å². The van der Waals surface area contributed by atoms with Gasteiger partial charge >= 0.3 is 0 Å². The van der Waals surface area contributed by atoms with E-state index in [9.17, 15) is 4.79 Å². The SMILES string of the molecule is Cl.O=C(Cc1ccsc1)NCC1CCCNC1. The van der Waals surface area contributed by atoms with Gasteiger partial charge in [0.15, 0.2) is 0 Å². The van der Waals surface area contributed by atoms with E-state index >= 15 is 0 Å². The molecule has 1 unspecified atom stereocenters. The molecule has 1 fully saturated rings. The van der Waals surface area contributed by atoms with Crippen molar-refractivity contribution in [3.8, 4) is 0 Å². The first-order valence-corrected chi connectivity index (χ1v) is 6.77. The van der Waals surface area contributed by atoms with Gasteiger partial charge in [-0.15, -0.1) is 12.4 Å². The van der Waals surface area contributed by atoms with Gasteiger partial charge in [0, 0.05) is 6.54 Å². The van der Waals surface area contributed by atoms with Crippen molar-refractivity contribution in [3.05, 3.63) is 22.4 Å². The molecule has 96 valence electrons. The second-order valence-corrected chi connectivity index (χ2v) is 5.10. The summed E-state index contributed by atoms with van der Waals surface area (Å²) in [7, 11) is 0. The largest absolute Gasteiger partial charge is 0.355 e. The molecule has 2 heterocycles. The van der Waals surface area contributed by atoms with E-state index in [0.29, 0.717) is 12.3 Å². The molecule has 1 aromatic heterocycles. The summed E-state index contributed by atoms with van der Waals surface area (Å²) in [5.41, 5.74) is 1.12. The molecule has 1 aliphatic heterocycles. The monoisotopic (exact) mass is 274 g/mol. The summed E-state index contributed by atoms with van der Waals surface area (Å²) in [6, 6.07) is 2.01. The predicted octanol–water partition coefficient (Wildman–Crippen LogP) is 1.83. The Morgan fingerprint density at radius 1 is 1.59 bits per heavy atom. The Kier molecular flexibility index (Phi) is 6.55. The van der Waals surface area contributed by atoms with E-state index in [0.717, 1.165) is 25.2 Å². The Bertz CT molecular complexity index is 323. The summed E-state index contributed by atoms with van der Waals surface area (Å²) in [6.07, 6.45) is 2.97. The number of carbonyl (C=O) groups excluding carboxylic acids is 1. The van der Waals surface area contributed by atoms with Crippen LogP contribution >= 0.6 is 23.7 Å². The van der Waals surface area contributed by atoms with E-state index in [1.807, 2.05) is 16.8 Å². The molecular weight excluding hydrogens is 256 g/mol. The van der Waals surface area contributed by atoms with Crippen LogP contribution in [0.15, 0.2) is 16.8 Å². The Morgan fingerprint density at radius 3 is 3.12 bits per heavy atom. The van der Waals surface area contributed by atoms with Crippen LogP contribution in [0.2, 0.25) is 0 Å². The van der Waals surface area contributed by atoms with Gasteiger partial charge in [0.1, 0.15) is 0 Å². The number of hydrogen-bond acceptors (Lipinski definition) is 3. The number of piperidine rings is 1. The first-order valence-electron chi connectivity index (χ1n) is 5.83. The summed E-state index contributed by atoms with van der Waals surface area (Å²) < 4.78 is 0. The number of amides is 1. The lowest BCUT2D eigenvalue weighted by Gasteiger charge is -2.22. The molecular formula is C12H19ClN2OS. The molecule has 2 rings (SSSR count). The molecule has 0 spiro atoms. The van der Waals surface area contributed by atoms with Crippen LogP contribution in [0.4, 0.5) is 0 Å². The second kappa shape index (κ2) is 7.69. The maximum Gasteiger partial charge on any atom is 0.224 e. The number of halogens is 1. The molecule has 0 bridgehead atoms. The Labute approximate surface area is 112 Å². The molecule has 0 saturated carbocycles. The number of thiophene rings is 1. The molecule has 1 aromatic rings. The summed E-state index contributed by atoms with van der Waals surface area (Å²) >= 11 is 1.64. The molecule has 5 heteroatoms. The van der Waals surface area contributed by atoms with Gasteiger partial charge in [-0.1, -0.05) is 0 Å². The van der Waals surface area contributed by atoms with Crippen molar-refractivity contribution >= 4 is 29.7 Å². The van der Waals surface area contributed by atoms with Crippen LogP contribution < -0.4 is 10.6 Å². The fraction of sp³-hybridized carbons (Fsp3) is 0.583. The van der Waals surface area contributed by atoms with Gasteiger partial charge < -0.3 is 10.6 Å². The summed E-state index contributed by atoms with van der Waals surface area (Å²) in [4.78, 5) is 11.6. The molecule has 17 heavy (non-hydrogen) atoms. The Hall–Kier alpha value is -0.580. The number of hydrogen-bond donors (Lipinski definition) is 2.